The second kappa shape index (κ2) is 7.47. The molecular formula is C20H26N2O2. The van der Waals surface area contributed by atoms with Gasteiger partial charge in [0.1, 0.15) is 11.4 Å². The Hall–Kier alpha value is -2.36. The molecule has 4 nitrogen and oxygen atoms in total. The van der Waals surface area contributed by atoms with E-state index in [1.54, 1.807) is 0 Å². The molecule has 1 aromatic carbocycles. The van der Waals surface area contributed by atoms with E-state index in [9.17, 15) is 9.90 Å². The highest BCUT2D eigenvalue weighted by atomic mass is 16.4. The van der Waals surface area contributed by atoms with Crippen molar-refractivity contribution in [3.63, 3.8) is 0 Å². The van der Waals surface area contributed by atoms with Crippen LogP contribution in [0.1, 0.15) is 55.2 Å². The number of carboxylic acids is 1. The van der Waals surface area contributed by atoms with E-state index in [1.807, 2.05) is 56.0 Å². The zero-order chi connectivity index (χ0) is 17.9. The number of anilines is 1. The van der Waals surface area contributed by atoms with Gasteiger partial charge in [-0.1, -0.05) is 43.7 Å². The lowest BCUT2D eigenvalue weighted by atomic mass is 9.96. The number of pyridine rings is 1. The van der Waals surface area contributed by atoms with Crippen molar-refractivity contribution in [1.29, 1.82) is 0 Å². The summed E-state index contributed by atoms with van der Waals surface area (Å²) in [6.45, 7) is 11.7. The minimum absolute atomic E-state index is 0.228. The average Bonchev–Trinajstić information content (AvgIpc) is 2.55. The van der Waals surface area contributed by atoms with E-state index in [0.29, 0.717) is 5.82 Å². The van der Waals surface area contributed by atoms with Gasteiger partial charge in [0.2, 0.25) is 0 Å². The maximum atomic E-state index is 12.0. The van der Waals surface area contributed by atoms with Crippen molar-refractivity contribution < 1.29 is 9.90 Å². The molecule has 1 aromatic heterocycles. The van der Waals surface area contributed by atoms with Crippen molar-refractivity contribution in [2.75, 3.05) is 18.0 Å². The number of hydrogen-bond donors (Lipinski definition) is 1. The van der Waals surface area contributed by atoms with Crippen LogP contribution in [0.25, 0.3) is 11.1 Å². The highest BCUT2D eigenvalue weighted by molar-refractivity contribution is 6.01. The molecule has 0 fully saturated rings. The first-order valence-electron chi connectivity index (χ1n) is 8.49. The molecule has 2 rings (SSSR count). The molecule has 0 aliphatic heterocycles. The van der Waals surface area contributed by atoms with Crippen molar-refractivity contribution in [2.24, 2.45) is 0 Å². The van der Waals surface area contributed by atoms with Crippen molar-refractivity contribution in [2.45, 2.75) is 40.5 Å². The molecule has 0 amide bonds. The minimum atomic E-state index is -0.935. The first-order valence-corrected chi connectivity index (χ1v) is 8.49. The Bertz CT molecular complexity index is 717. The summed E-state index contributed by atoms with van der Waals surface area (Å²) in [7, 11) is 0. The van der Waals surface area contributed by atoms with Gasteiger partial charge in [0, 0.05) is 24.3 Å². The maximum Gasteiger partial charge on any atom is 0.340 e. The fraction of sp³-hybridized carbons (Fsp3) is 0.400. The van der Waals surface area contributed by atoms with Gasteiger partial charge in [-0.05, 0) is 38.3 Å². The molecule has 1 heterocycles. The molecular weight excluding hydrogens is 300 g/mol. The van der Waals surface area contributed by atoms with Crippen LogP contribution < -0.4 is 4.90 Å². The molecule has 0 radical (unpaired) electrons. The Labute approximate surface area is 144 Å². The van der Waals surface area contributed by atoms with Crippen LogP contribution in [0.4, 0.5) is 5.82 Å². The van der Waals surface area contributed by atoms with Crippen molar-refractivity contribution in [1.82, 2.24) is 4.98 Å². The SMILES string of the molecule is CCN(CC)c1nc(C(C)C)cc(-c2ccc(C)cc2)c1C(=O)O. The van der Waals surface area contributed by atoms with Gasteiger partial charge in [0.05, 0.1) is 0 Å². The summed E-state index contributed by atoms with van der Waals surface area (Å²) in [5, 5.41) is 9.87. The lowest BCUT2D eigenvalue weighted by Crippen LogP contribution is -2.26. The summed E-state index contributed by atoms with van der Waals surface area (Å²) in [6, 6.07) is 9.90. The Morgan fingerprint density at radius 3 is 2.21 bits per heavy atom. The molecule has 1 N–H and O–H groups in total. The van der Waals surface area contributed by atoms with Crippen LogP contribution in [-0.2, 0) is 0 Å². The summed E-state index contributed by atoms with van der Waals surface area (Å²) in [6.07, 6.45) is 0. The first-order chi connectivity index (χ1) is 11.4. The van der Waals surface area contributed by atoms with E-state index in [4.69, 9.17) is 0 Å². The zero-order valence-corrected chi connectivity index (χ0v) is 15.1. The first kappa shape index (κ1) is 18.0. The van der Waals surface area contributed by atoms with Gasteiger partial charge in [-0.3, -0.25) is 0 Å². The van der Waals surface area contributed by atoms with Gasteiger partial charge in [0.15, 0.2) is 0 Å². The van der Waals surface area contributed by atoms with Crippen LogP contribution in [-0.4, -0.2) is 29.1 Å². The van der Waals surface area contributed by atoms with E-state index in [0.717, 1.165) is 35.5 Å². The molecule has 0 unspecified atom stereocenters. The number of aromatic nitrogens is 1. The Morgan fingerprint density at radius 2 is 1.75 bits per heavy atom. The Kier molecular flexibility index (Phi) is 5.60. The molecule has 0 aliphatic carbocycles. The van der Waals surface area contributed by atoms with Crippen LogP contribution in [0.15, 0.2) is 30.3 Å². The molecule has 128 valence electrons. The van der Waals surface area contributed by atoms with E-state index in [1.165, 1.54) is 0 Å². The topological polar surface area (TPSA) is 53.4 Å². The fourth-order valence-electron chi connectivity index (χ4n) is 2.77. The Balaban J connectivity index is 2.79. The number of rotatable bonds is 6. The molecule has 0 atom stereocenters. The van der Waals surface area contributed by atoms with Crippen LogP contribution in [0.3, 0.4) is 0 Å². The van der Waals surface area contributed by atoms with Crippen molar-refractivity contribution in [3.05, 3.63) is 47.2 Å². The number of benzene rings is 1. The smallest absolute Gasteiger partial charge is 0.340 e. The third-order valence-electron chi connectivity index (χ3n) is 4.25. The van der Waals surface area contributed by atoms with Gasteiger partial charge in [-0.15, -0.1) is 0 Å². The van der Waals surface area contributed by atoms with E-state index in [2.05, 4.69) is 18.8 Å². The van der Waals surface area contributed by atoms with Gasteiger partial charge in [-0.2, -0.15) is 0 Å². The quantitative estimate of drug-likeness (QED) is 0.834. The normalized spacial score (nSPS) is 10.9. The fourth-order valence-corrected chi connectivity index (χ4v) is 2.77. The predicted octanol–water partition coefficient (Wildman–Crippen LogP) is 4.72. The summed E-state index contributed by atoms with van der Waals surface area (Å²) in [5.74, 6) is -0.143. The number of nitrogens with zero attached hydrogens (tertiary/aromatic N) is 2. The number of aromatic carboxylic acids is 1. The Morgan fingerprint density at radius 1 is 1.17 bits per heavy atom. The van der Waals surface area contributed by atoms with Crippen molar-refractivity contribution in [3.8, 4) is 11.1 Å². The van der Waals surface area contributed by atoms with Gasteiger partial charge >= 0.3 is 5.97 Å². The van der Waals surface area contributed by atoms with Crippen LogP contribution in [0.2, 0.25) is 0 Å². The molecule has 0 saturated heterocycles. The summed E-state index contributed by atoms with van der Waals surface area (Å²) in [4.78, 5) is 18.7. The molecule has 0 spiro atoms. The second-order valence-electron chi connectivity index (χ2n) is 6.29. The van der Waals surface area contributed by atoms with Gasteiger partial charge in [0.25, 0.3) is 0 Å². The molecule has 0 bridgehead atoms. The van der Waals surface area contributed by atoms with Gasteiger partial charge < -0.3 is 10.0 Å². The largest absolute Gasteiger partial charge is 0.478 e. The van der Waals surface area contributed by atoms with Crippen LogP contribution in [0.5, 0.6) is 0 Å². The van der Waals surface area contributed by atoms with Crippen LogP contribution >= 0.6 is 0 Å². The van der Waals surface area contributed by atoms with Crippen molar-refractivity contribution >= 4 is 11.8 Å². The zero-order valence-electron chi connectivity index (χ0n) is 15.1. The minimum Gasteiger partial charge on any atom is -0.478 e. The number of carbonyl (C=O) groups is 1. The second-order valence-corrected chi connectivity index (χ2v) is 6.29. The number of carboxylic acid groups (broad SMARTS) is 1. The highest BCUT2D eigenvalue weighted by Crippen LogP contribution is 2.33. The molecule has 24 heavy (non-hydrogen) atoms. The summed E-state index contributed by atoms with van der Waals surface area (Å²) in [5.41, 5.74) is 4.00. The predicted molar refractivity (Wildman–Crippen MR) is 99.0 cm³/mol. The third-order valence-corrected chi connectivity index (χ3v) is 4.25. The van der Waals surface area contributed by atoms with Crippen LogP contribution in [0, 0.1) is 6.92 Å². The lowest BCUT2D eigenvalue weighted by molar-refractivity contribution is 0.0698. The monoisotopic (exact) mass is 326 g/mol. The van der Waals surface area contributed by atoms with Gasteiger partial charge in [-0.25, -0.2) is 9.78 Å². The standard InChI is InChI=1S/C20H26N2O2/c1-6-22(7-2)19-18(20(23)24)16(12-17(21-19)13(3)4)15-10-8-14(5)9-11-15/h8-13H,6-7H2,1-5H3,(H,23,24). The number of aryl methyl sites for hydroxylation is 1. The molecule has 0 aliphatic rings. The maximum absolute atomic E-state index is 12.0. The van der Waals surface area contributed by atoms with E-state index in [-0.39, 0.29) is 11.5 Å². The molecule has 2 aromatic rings. The number of hydrogen-bond acceptors (Lipinski definition) is 3. The summed E-state index contributed by atoms with van der Waals surface area (Å²) >= 11 is 0. The molecule has 0 saturated carbocycles. The highest BCUT2D eigenvalue weighted by Gasteiger charge is 2.23. The average molecular weight is 326 g/mol. The third kappa shape index (κ3) is 3.58. The molecule has 4 heteroatoms. The van der Waals surface area contributed by atoms with E-state index >= 15 is 0 Å². The lowest BCUT2D eigenvalue weighted by Gasteiger charge is -2.25. The van der Waals surface area contributed by atoms with E-state index < -0.39 is 5.97 Å². The summed E-state index contributed by atoms with van der Waals surface area (Å²) < 4.78 is 0.